The van der Waals surface area contributed by atoms with Gasteiger partial charge in [-0.05, 0) is 41.7 Å². The molecule has 3 heterocycles. The first kappa shape index (κ1) is 20.3. The number of carbonyl (C=O) groups excluding carboxylic acids is 1. The molecule has 0 bridgehead atoms. The lowest BCUT2D eigenvalue weighted by molar-refractivity contribution is -0.134. The highest BCUT2D eigenvalue weighted by atomic mass is 16.2. The molecule has 6 heteroatoms. The lowest BCUT2D eigenvalue weighted by Gasteiger charge is -2.24. The minimum atomic E-state index is -0.0722. The summed E-state index contributed by atoms with van der Waals surface area (Å²) >= 11 is 0. The first-order chi connectivity index (χ1) is 14.7. The van der Waals surface area contributed by atoms with Crippen LogP contribution >= 0.6 is 0 Å². The molecule has 156 valence electrons. The number of amides is 1. The largest absolute Gasteiger partial charge is 0.348 e. The van der Waals surface area contributed by atoms with Crippen LogP contribution in [0.25, 0.3) is 11.1 Å². The second-order valence-corrected chi connectivity index (χ2v) is 7.89. The molecule has 1 aromatic carbocycles. The van der Waals surface area contributed by atoms with E-state index in [1.807, 2.05) is 35.6 Å². The second-order valence-electron chi connectivity index (χ2n) is 7.89. The topological polar surface area (TPSA) is 65.1 Å². The fourth-order valence-corrected chi connectivity index (χ4v) is 4.27. The SMILES string of the molecule is CCCN1CCN(Cc2ncc[nH]2)C[C@H](Cc2ccccc2-c2ccncc2)C1=O. The maximum atomic E-state index is 13.4. The number of nitrogens with zero attached hydrogens (tertiary/aromatic N) is 4. The number of benzene rings is 1. The van der Waals surface area contributed by atoms with E-state index in [2.05, 4.69) is 51.0 Å². The van der Waals surface area contributed by atoms with E-state index in [-0.39, 0.29) is 11.8 Å². The minimum Gasteiger partial charge on any atom is -0.348 e. The van der Waals surface area contributed by atoms with Crippen LogP contribution in [0, 0.1) is 5.92 Å². The summed E-state index contributed by atoms with van der Waals surface area (Å²) in [5.41, 5.74) is 3.52. The molecule has 0 unspecified atom stereocenters. The summed E-state index contributed by atoms with van der Waals surface area (Å²) in [6.07, 6.45) is 8.97. The van der Waals surface area contributed by atoms with Gasteiger partial charge in [0.05, 0.1) is 12.5 Å². The smallest absolute Gasteiger partial charge is 0.227 e. The number of aromatic nitrogens is 3. The molecule has 3 aromatic rings. The quantitative estimate of drug-likeness (QED) is 0.657. The van der Waals surface area contributed by atoms with Gasteiger partial charge in [0.2, 0.25) is 5.91 Å². The average molecular weight is 404 g/mol. The predicted octanol–water partition coefficient (Wildman–Crippen LogP) is 3.38. The molecular formula is C24H29N5O. The Hall–Kier alpha value is -2.99. The summed E-state index contributed by atoms with van der Waals surface area (Å²) in [5.74, 6) is 1.14. The van der Waals surface area contributed by atoms with Crippen LogP contribution in [0.5, 0.6) is 0 Å². The zero-order chi connectivity index (χ0) is 20.8. The van der Waals surface area contributed by atoms with Crippen molar-refractivity contribution in [1.29, 1.82) is 0 Å². The number of H-pyrrole nitrogens is 1. The van der Waals surface area contributed by atoms with E-state index >= 15 is 0 Å². The molecule has 0 radical (unpaired) electrons. The zero-order valence-corrected chi connectivity index (χ0v) is 17.5. The van der Waals surface area contributed by atoms with Crippen molar-refractivity contribution in [1.82, 2.24) is 24.8 Å². The van der Waals surface area contributed by atoms with Gasteiger partial charge >= 0.3 is 0 Å². The molecule has 2 aromatic heterocycles. The first-order valence-electron chi connectivity index (χ1n) is 10.7. The number of imidazole rings is 1. The van der Waals surface area contributed by atoms with Gasteiger partial charge in [-0.1, -0.05) is 31.2 Å². The molecule has 0 spiro atoms. The molecule has 4 rings (SSSR count). The van der Waals surface area contributed by atoms with Crippen molar-refractivity contribution in [2.75, 3.05) is 26.2 Å². The standard InChI is InChI=1S/C24H29N5O/c1-2-13-29-15-14-28(18-23-26-11-12-27-23)17-21(24(29)30)16-20-5-3-4-6-22(20)19-7-9-25-10-8-19/h3-12,21H,2,13-18H2,1H3,(H,26,27)/t21-/m0/s1. The van der Waals surface area contributed by atoms with Gasteiger partial charge in [0.1, 0.15) is 5.82 Å². The summed E-state index contributed by atoms with van der Waals surface area (Å²) in [4.78, 5) is 29.5. The second kappa shape index (κ2) is 9.67. The number of rotatable bonds is 7. The van der Waals surface area contributed by atoms with Crippen molar-refractivity contribution >= 4 is 5.91 Å². The zero-order valence-electron chi connectivity index (χ0n) is 17.5. The highest BCUT2D eigenvalue weighted by molar-refractivity contribution is 5.80. The summed E-state index contributed by atoms with van der Waals surface area (Å²) in [6.45, 7) is 6.07. The van der Waals surface area contributed by atoms with E-state index in [1.54, 1.807) is 6.20 Å². The van der Waals surface area contributed by atoms with Crippen LogP contribution in [0.1, 0.15) is 24.7 Å². The Bertz CT molecular complexity index is 941. The molecule has 1 saturated heterocycles. The summed E-state index contributed by atoms with van der Waals surface area (Å²) in [5, 5.41) is 0. The summed E-state index contributed by atoms with van der Waals surface area (Å²) in [6, 6.07) is 12.5. The highest BCUT2D eigenvalue weighted by Crippen LogP contribution is 2.27. The average Bonchev–Trinajstić information content (AvgIpc) is 3.24. The Labute approximate surface area is 178 Å². The van der Waals surface area contributed by atoms with Crippen LogP contribution in [0.3, 0.4) is 0 Å². The highest BCUT2D eigenvalue weighted by Gasteiger charge is 2.30. The van der Waals surface area contributed by atoms with Gasteiger partial charge < -0.3 is 9.88 Å². The van der Waals surface area contributed by atoms with Crippen molar-refractivity contribution < 1.29 is 4.79 Å². The van der Waals surface area contributed by atoms with Gasteiger partial charge in [-0.2, -0.15) is 0 Å². The molecule has 1 aliphatic heterocycles. The normalized spacial score (nSPS) is 17.8. The van der Waals surface area contributed by atoms with E-state index in [1.165, 1.54) is 11.1 Å². The lowest BCUT2D eigenvalue weighted by atomic mass is 9.91. The number of nitrogens with one attached hydrogen (secondary N) is 1. The van der Waals surface area contributed by atoms with E-state index in [4.69, 9.17) is 0 Å². The molecule has 1 aliphatic rings. The van der Waals surface area contributed by atoms with Gasteiger partial charge in [-0.15, -0.1) is 0 Å². The van der Waals surface area contributed by atoms with Gasteiger partial charge in [0.25, 0.3) is 0 Å². The Kier molecular flexibility index (Phi) is 6.54. The Morgan fingerprint density at radius 3 is 2.70 bits per heavy atom. The lowest BCUT2D eigenvalue weighted by Crippen LogP contribution is -2.37. The molecule has 0 saturated carbocycles. The third-order valence-electron chi connectivity index (χ3n) is 5.72. The van der Waals surface area contributed by atoms with E-state index < -0.39 is 0 Å². The van der Waals surface area contributed by atoms with Crippen molar-refractivity contribution in [3.05, 3.63) is 72.6 Å². The number of aromatic amines is 1. The number of carbonyl (C=O) groups is 1. The van der Waals surface area contributed by atoms with E-state index in [9.17, 15) is 4.79 Å². The van der Waals surface area contributed by atoms with E-state index in [0.29, 0.717) is 0 Å². The van der Waals surface area contributed by atoms with Crippen LogP contribution in [-0.4, -0.2) is 56.8 Å². The van der Waals surface area contributed by atoms with Crippen molar-refractivity contribution in [2.24, 2.45) is 5.92 Å². The predicted molar refractivity (Wildman–Crippen MR) is 118 cm³/mol. The molecule has 6 nitrogen and oxygen atoms in total. The fourth-order valence-electron chi connectivity index (χ4n) is 4.27. The van der Waals surface area contributed by atoms with Gasteiger partial charge in [0.15, 0.2) is 0 Å². The maximum absolute atomic E-state index is 13.4. The third-order valence-corrected chi connectivity index (χ3v) is 5.72. The molecule has 1 fully saturated rings. The molecule has 1 N–H and O–H groups in total. The fraction of sp³-hybridized carbons (Fsp3) is 0.375. The number of pyridine rings is 1. The van der Waals surface area contributed by atoms with Crippen LogP contribution < -0.4 is 0 Å². The molecule has 0 aliphatic carbocycles. The summed E-state index contributed by atoms with van der Waals surface area (Å²) in [7, 11) is 0. The third kappa shape index (κ3) is 4.76. The first-order valence-corrected chi connectivity index (χ1v) is 10.7. The molecule has 1 amide bonds. The Balaban J connectivity index is 1.59. The monoisotopic (exact) mass is 403 g/mol. The van der Waals surface area contributed by atoms with E-state index in [0.717, 1.165) is 57.0 Å². The van der Waals surface area contributed by atoms with Crippen LogP contribution in [-0.2, 0) is 17.8 Å². The van der Waals surface area contributed by atoms with Crippen LogP contribution in [0.2, 0.25) is 0 Å². The molecule has 1 atom stereocenters. The number of hydrogen-bond acceptors (Lipinski definition) is 4. The summed E-state index contributed by atoms with van der Waals surface area (Å²) < 4.78 is 0. The van der Waals surface area contributed by atoms with Gasteiger partial charge in [-0.3, -0.25) is 14.7 Å². The molecular weight excluding hydrogens is 374 g/mol. The van der Waals surface area contributed by atoms with Crippen LogP contribution in [0.4, 0.5) is 0 Å². The minimum absolute atomic E-state index is 0.0722. The van der Waals surface area contributed by atoms with Crippen molar-refractivity contribution in [3.8, 4) is 11.1 Å². The number of hydrogen-bond donors (Lipinski definition) is 1. The Morgan fingerprint density at radius 2 is 1.93 bits per heavy atom. The van der Waals surface area contributed by atoms with Gasteiger partial charge in [0, 0.05) is 51.0 Å². The molecule has 30 heavy (non-hydrogen) atoms. The van der Waals surface area contributed by atoms with Crippen molar-refractivity contribution in [3.63, 3.8) is 0 Å². The van der Waals surface area contributed by atoms with Crippen molar-refractivity contribution in [2.45, 2.75) is 26.3 Å². The van der Waals surface area contributed by atoms with Gasteiger partial charge in [-0.25, -0.2) is 4.98 Å². The van der Waals surface area contributed by atoms with Crippen LogP contribution in [0.15, 0.2) is 61.2 Å². The maximum Gasteiger partial charge on any atom is 0.227 e. The Morgan fingerprint density at radius 1 is 1.10 bits per heavy atom.